The van der Waals surface area contributed by atoms with E-state index in [2.05, 4.69) is 20.4 Å². The fourth-order valence-corrected chi connectivity index (χ4v) is 4.14. The van der Waals surface area contributed by atoms with Crippen molar-refractivity contribution in [1.82, 2.24) is 29.6 Å². The molecule has 0 fully saturated rings. The lowest BCUT2D eigenvalue weighted by Crippen LogP contribution is -2.26. The van der Waals surface area contributed by atoms with Gasteiger partial charge >= 0.3 is 0 Å². The third-order valence-corrected chi connectivity index (χ3v) is 6.02. The van der Waals surface area contributed by atoms with Crippen LogP contribution in [0.3, 0.4) is 0 Å². The van der Waals surface area contributed by atoms with E-state index in [-0.39, 0.29) is 11.9 Å². The Morgan fingerprint density at radius 2 is 1.88 bits per heavy atom. The van der Waals surface area contributed by atoms with Gasteiger partial charge in [-0.05, 0) is 36.8 Å². The molecule has 3 aromatic heterocycles. The van der Waals surface area contributed by atoms with Crippen LogP contribution >= 0.6 is 11.3 Å². The summed E-state index contributed by atoms with van der Waals surface area (Å²) in [5.74, 6) is -0.200. The predicted octanol–water partition coefficient (Wildman–Crippen LogP) is 4.67. The fraction of sp³-hybridized carbons (Fsp3) is 0.0833. The summed E-state index contributed by atoms with van der Waals surface area (Å²) < 4.78 is 3.73. The van der Waals surface area contributed by atoms with Crippen molar-refractivity contribution in [3.05, 3.63) is 102 Å². The fourth-order valence-electron chi connectivity index (χ4n) is 3.37. The van der Waals surface area contributed by atoms with Crippen LogP contribution < -0.4 is 5.32 Å². The van der Waals surface area contributed by atoms with Crippen molar-refractivity contribution in [2.45, 2.75) is 13.0 Å². The van der Waals surface area contributed by atoms with Crippen LogP contribution in [0.2, 0.25) is 0 Å². The molecule has 0 aliphatic heterocycles. The Bertz CT molecular complexity index is 1320. The second-order valence-corrected chi connectivity index (χ2v) is 8.16. The second kappa shape index (κ2) is 8.60. The number of hydrogen-bond donors (Lipinski definition) is 1. The Morgan fingerprint density at radius 3 is 2.62 bits per heavy atom. The van der Waals surface area contributed by atoms with E-state index in [1.54, 1.807) is 28.8 Å². The van der Waals surface area contributed by atoms with Crippen molar-refractivity contribution in [2.24, 2.45) is 0 Å². The zero-order valence-corrected chi connectivity index (χ0v) is 18.1. The number of rotatable bonds is 6. The van der Waals surface area contributed by atoms with Crippen LogP contribution in [-0.4, -0.2) is 30.2 Å². The highest BCUT2D eigenvalue weighted by Gasteiger charge is 2.16. The molecule has 32 heavy (non-hydrogen) atoms. The summed E-state index contributed by atoms with van der Waals surface area (Å²) in [5.41, 5.74) is 4.29. The lowest BCUT2D eigenvalue weighted by Gasteiger charge is -2.14. The van der Waals surface area contributed by atoms with Gasteiger partial charge in [-0.25, -0.2) is 14.6 Å². The molecular weight excluding hydrogens is 420 g/mol. The largest absolute Gasteiger partial charge is 0.344 e. The number of imidazole rings is 1. The molecule has 1 N–H and O–H groups in total. The molecule has 0 saturated carbocycles. The first-order valence-corrected chi connectivity index (χ1v) is 11.0. The molecule has 1 atom stereocenters. The molecule has 0 aliphatic rings. The summed E-state index contributed by atoms with van der Waals surface area (Å²) in [7, 11) is 0. The van der Waals surface area contributed by atoms with Gasteiger partial charge < -0.3 is 9.88 Å². The Hall–Kier alpha value is -4.04. The van der Waals surface area contributed by atoms with Gasteiger partial charge in [-0.2, -0.15) is 5.10 Å². The summed E-state index contributed by atoms with van der Waals surface area (Å²) in [6.45, 7) is 1.96. The van der Waals surface area contributed by atoms with Gasteiger partial charge in [0.05, 0.1) is 24.3 Å². The van der Waals surface area contributed by atoms with Crippen LogP contribution in [0.1, 0.15) is 29.0 Å². The molecule has 7 nitrogen and oxygen atoms in total. The van der Waals surface area contributed by atoms with Crippen molar-refractivity contribution in [1.29, 1.82) is 0 Å². The van der Waals surface area contributed by atoms with Gasteiger partial charge in [-0.1, -0.05) is 30.3 Å². The van der Waals surface area contributed by atoms with Crippen LogP contribution in [0.5, 0.6) is 0 Å². The van der Waals surface area contributed by atoms with E-state index >= 15 is 0 Å². The summed E-state index contributed by atoms with van der Waals surface area (Å²) >= 11 is 1.43. The van der Waals surface area contributed by atoms with Crippen LogP contribution in [0.15, 0.2) is 91.1 Å². The van der Waals surface area contributed by atoms with Crippen molar-refractivity contribution >= 4 is 17.2 Å². The average Bonchev–Trinajstić information content (AvgIpc) is 3.61. The maximum Gasteiger partial charge on any atom is 0.271 e. The number of hydrogen-bond acceptors (Lipinski definition) is 5. The summed E-state index contributed by atoms with van der Waals surface area (Å²) in [5, 5.41) is 9.97. The van der Waals surface area contributed by atoms with E-state index in [4.69, 9.17) is 0 Å². The van der Waals surface area contributed by atoms with E-state index in [9.17, 15) is 4.79 Å². The van der Waals surface area contributed by atoms with Crippen molar-refractivity contribution in [2.75, 3.05) is 0 Å². The highest BCUT2D eigenvalue weighted by molar-refractivity contribution is 7.13. The van der Waals surface area contributed by atoms with E-state index in [1.807, 2.05) is 78.5 Å². The number of nitrogens with one attached hydrogen (secondary N) is 1. The maximum absolute atomic E-state index is 12.8. The van der Waals surface area contributed by atoms with E-state index in [0.29, 0.717) is 5.69 Å². The molecule has 3 heterocycles. The Labute approximate surface area is 189 Å². The van der Waals surface area contributed by atoms with E-state index in [0.717, 1.165) is 27.5 Å². The van der Waals surface area contributed by atoms with Gasteiger partial charge in [0.25, 0.3) is 5.91 Å². The minimum absolute atomic E-state index is 0.148. The van der Waals surface area contributed by atoms with Crippen LogP contribution in [0, 0.1) is 0 Å². The molecule has 0 bridgehead atoms. The summed E-state index contributed by atoms with van der Waals surface area (Å²) in [4.78, 5) is 21.3. The molecule has 8 heteroatoms. The molecule has 5 rings (SSSR count). The predicted molar refractivity (Wildman–Crippen MR) is 124 cm³/mol. The standard InChI is InChI=1S/C24H20N6OS/c1-17(18-7-9-20(10-8-18)29-12-11-25-16-29)27-23(31)22-15-32-24(28-22)19-13-26-30(14-19)21-5-3-2-4-6-21/h2-17H,1H3,(H,27,31). The molecule has 2 aromatic carbocycles. The number of benzene rings is 2. The number of nitrogens with zero attached hydrogens (tertiary/aromatic N) is 5. The van der Waals surface area contributed by atoms with Crippen molar-refractivity contribution in [3.8, 4) is 21.9 Å². The number of amides is 1. The summed E-state index contributed by atoms with van der Waals surface area (Å²) in [6, 6.07) is 17.7. The average molecular weight is 441 g/mol. The zero-order chi connectivity index (χ0) is 21.9. The number of aromatic nitrogens is 5. The molecule has 0 saturated heterocycles. The Morgan fingerprint density at radius 1 is 1.06 bits per heavy atom. The minimum atomic E-state index is -0.200. The first-order chi connectivity index (χ1) is 15.7. The van der Waals surface area contributed by atoms with Crippen molar-refractivity contribution in [3.63, 3.8) is 0 Å². The molecule has 0 radical (unpaired) electrons. The van der Waals surface area contributed by atoms with Crippen molar-refractivity contribution < 1.29 is 4.79 Å². The monoisotopic (exact) mass is 440 g/mol. The van der Waals surface area contributed by atoms with Crippen LogP contribution in [-0.2, 0) is 0 Å². The van der Waals surface area contributed by atoms with Gasteiger partial charge in [0, 0.05) is 35.2 Å². The number of carbonyl (C=O) groups excluding carboxylic acids is 1. The topological polar surface area (TPSA) is 77.6 Å². The van der Waals surface area contributed by atoms with Gasteiger partial charge in [0.1, 0.15) is 10.7 Å². The van der Waals surface area contributed by atoms with E-state index < -0.39 is 0 Å². The smallest absolute Gasteiger partial charge is 0.271 e. The van der Waals surface area contributed by atoms with Gasteiger partial charge in [-0.15, -0.1) is 11.3 Å². The van der Waals surface area contributed by atoms with Gasteiger partial charge in [-0.3, -0.25) is 4.79 Å². The molecule has 158 valence electrons. The molecular formula is C24H20N6OS. The molecule has 5 aromatic rings. The Balaban J connectivity index is 1.26. The van der Waals surface area contributed by atoms with Crippen LogP contribution in [0.4, 0.5) is 0 Å². The highest BCUT2D eigenvalue weighted by Crippen LogP contribution is 2.25. The third-order valence-electron chi connectivity index (χ3n) is 5.13. The quantitative estimate of drug-likeness (QED) is 0.416. The first-order valence-electron chi connectivity index (χ1n) is 10.1. The molecule has 1 unspecified atom stereocenters. The highest BCUT2D eigenvalue weighted by atomic mass is 32.1. The lowest BCUT2D eigenvalue weighted by molar-refractivity contribution is 0.0935. The maximum atomic E-state index is 12.8. The molecule has 0 spiro atoms. The van der Waals surface area contributed by atoms with E-state index in [1.165, 1.54) is 11.3 Å². The number of para-hydroxylation sites is 1. The number of carbonyl (C=O) groups is 1. The molecule has 1 amide bonds. The normalized spacial score (nSPS) is 11.9. The Kier molecular flexibility index (Phi) is 5.35. The SMILES string of the molecule is CC(NC(=O)c1csc(-c2cnn(-c3ccccc3)c2)n1)c1ccc(-n2ccnc2)cc1. The zero-order valence-electron chi connectivity index (χ0n) is 17.3. The first kappa shape index (κ1) is 19.9. The lowest BCUT2D eigenvalue weighted by atomic mass is 10.1. The second-order valence-electron chi connectivity index (χ2n) is 7.30. The van der Waals surface area contributed by atoms with Gasteiger partial charge in [0.2, 0.25) is 0 Å². The minimum Gasteiger partial charge on any atom is -0.344 e. The van der Waals surface area contributed by atoms with Crippen LogP contribution in [0.25, 0.3) is 21.9 Å². The molecule has 0 aliphatic carbocycles. The third kappa shape index (κ3) is 4.08. The number of thiazole rings is 1. The summed E-state index contributed by atoms with van der Waals surface area (Å²) in [6.07, 6.45) is 9.07. The van der Waals surface area contributed by atoms with Gasteiger partial charge in [0.15, 0.2) is 0 Å².